The van der Waals surface area contributed by atoms with Crippen LogP contribution in [0.15, 0.2) is 59.5 Å². The minimum atomic E-state index is -3.50. The molecule has 0 saturated heterocycles. The van der Waals surface area contributed by atoms with Crippen LogP contribution in [0.5, 0.6) is 0 Å². The molecule has 0 aliphatic carbocycles. The fourth-order valence-electron chi connectivity index (χ4n) is 2.07. The van der Waals surface area contributed by atoms with Crippen molar-refractivity contribution in [3.8, 4) is 0 Å². The Morgan fingerprint density at radius 1 is 1.00 bits per heavy atom. The van der Waals surface area contributed by atoms with Crippen LogP contribution in [0, 0.1) is 6.92 Å². The normalized spacial score (nSPS) is 14.4. The molecule has 0 aromatic heterocycles. The lowest BCUT2D eigenvalue weighted by Gasteiger charge is -2.25. The molecule has 2 aromatic rings. The predicted molar refractivity (Wildman–Crippen MR) is 91.5 cm³/mol. The molecular formula is C16H20NO4PS. The molecule has 5 nitrogen and oxygen atoms in total. The SMILES string of the molecule is COP(=O)(OC)[C@@H](N[S@@](=O)c1ccc(C)cc1)c1ccccc1. The Balaban J connectivity index is 2.33. The fraction of sp³-hybridized carbons (Fsp3) is 0.250. The summed E-state index contributed by atoms with van der Waals surface area (Å²) in [5.41, 5.74) is 1.75. The van der Waals surface area contributed by atoms with Crippen LogP contribution in [0.4, 0.5) is 0 Å². The Labute approximate surface area is 139 Å². The maximum atomic E-state index is 12.8. The van der Waals surface area contributed by atoms with Gasteiger partial charge in [0.1, 0.15) is 16.8 Å². The summed E-state index contributed by atoms with van der Waals surface area (Å²) < 4.78 is 38.5. The molecular weight excluding hydrogens is 333 g/mol. The molecule has 0 amide bonds. The van der Waals surface area contributed by atoms with E-state index < -0.39 is 24.4 Å². The zero-order chi connectivity index (χ0) is 16.9. The lowest BCUT2D eigenvalue weighted by atomic mass is 10.2. The van der Waals surface area contributed by atoms with E-state index in [-0.39, 0.29) is 0 Å². The Kier molecular flexibility index (Phi) is 6.27. The topological polar surface area (TPSA) is 64.6 Å². The molecule has 7 heteroatoms. The number of nitrogens with one attached hydrogen (secondary N) is 1. The Bertz CT molecular complexity index is 698. The van der Waals surface area contributed by atoms with Crippen LogP contribution in [0.1, 0.15) is 16.9 Å². The number of aryl methyl sites for hydroxylation is 1. The molecule has 0 radical (unpaired) electrons. The van der Waals surface area contributed by atoms with Gasteiger partial charge in [-0.25, -0.2) is 8.93 Å². The fourth-order valence-corrected chi connectivity index (χ4v) is 4.84. The van der Waals surface area contributed by atoms with Crippen molar-refractivity contribution < 1.29 is 17.8 Å². The largest absolute Gasteiger partial charge is 0.352 e. The first kappa shape index (κ1) is 18.0. The van der Waals surface area contributed by atoms with Gasteiger partial charge in [0.2, 0.25) is 0 Å². The van der Waals surface area contributed by atoms with Crippen molar-refractivity contribution in [2.45, 2.75) is 17.6 Å². The van der Waals surface area contributed by atoms with Crippen LogP contribution in [0.2, 0.25) is 0 Å². The van der Waals surface area contributed by atoms with E-state index in [2.05, 4.69) is 4.72 Å². The standard InChI is InChI=1S/C16H20NO4PS/c1-13-9-11-15(12-10-13)23(19)17-16(22(18,20-2)21-3)14-7-5-4-6-8-14/h4-12,16-17H,1-3H3/t16-,23+/m1/s1. The van der Waals surface area contributed by atoms with Crippen LogP contribution in [0.3, 0.4) is 0 Å². The summed E-state index contributed by atoms with van der Waals surface area (Å²) in [6.45, 7) is 1.96. The summed E-state index contributed by atoms with van der Waals surface area (Å²) in [5.74, 6) is -0.833. The Hall–Kier alpha value is -1.30. The monoisotopic (exact) mass is 353 g/mol. The minimum absolute atomic E-state index is 0.593. The summed E-state index contributed by atoms with van der Waals surface area (Å²) in [6.07, 6.45) is 0. The zero-order valence-electron chi connectivity index (χ0n) is 13.3. The van der Waals surface area contributed by atoms with Gasteiger partial charge >= 0.3 is 7.60 Å². The third kappa shape index (κ3) is 4.37. The second kappa shape index (κ2) is 7.99. The van der Waals surface area contributed by atoms with Gasteiger partial charge in [-0.15, -0.1) is 0 Å². The third-order valence-electron chi connectivity index (χ3n) is 3.39. The van der Waals surface area contributed by atoms with Gasteiger partial charge in [0, 0.05) is 14.2 Å². The second-order valence-electron chi connectivity index (χ2n) is 4.92. The van der Waals surface area contributed by atoms with Crippen molar-refractivity contribution in [1.82, 2.24) is 4.72 Å². The molecule has 23 heavy (non-hydrogen) atoms. The van der Waals surface area contributed by atoms with Gasteiger partial charge in [-0.1, -0.05) is 48.0 Å². The van der Waals surface area contributed by atoms with Crippen molar-refractivity contribution in [2.75, 3.05) is 14.2 Å². The van der Waals surface area contributed by atoms with Crippen LogP contribution in [0.25, 0.3) is 0 Å². The summed E-state index contributed by atoms with van der Waals surface area (Å²) >= 11 is 0. The van der Waals surface area contributed by atoms with Gasteiger partial charge in [0.25, 0.3) is 0 Å². The molecule has 0 unspecified atom stereocenters. The summed E-state index contributed by atoms with van der Waals surface area (Å²) in [4.78, 5) is 0.593. The molecule has 0 fully saturated rings. The average molecular weight is 353 g/mol. The molecule has 2 rings (SSSR count). The van der Waals surface area contributed by atoms with Crippen molar-refractivity contribution >= 4 is 18.6 Å². The van der Waals surface area contributed by atoms with Crippen LogP contribution < -0.4 is 4.72 Å². The quantitative estimate of drug-likeness (QED) is 0.769. The smallest absolute Gasteiger partial charge is 0.311 e. The molecule has 0 aliphatic heterocycles. The van der Waals surface area contributed by atoms with Gasteiger partial charge < -0.3 is 9.05 Å². The Morgan fingerprint density at radius 3 is 2.09 bits per heavy atom. The van der Waals surface area contributed by atoms with Gasteiger partial charge in [0.05, 0.1) is 4.90 Å². The highest BCUT2D eigenvalue weighted by Gasteiger charge is 2.36. The highest BCUT2D eigenvalue weighted by atomic mass is 32.2. The van der Waals surface area contributed by atoms with E-state index in [1.54, 1.807) is 24.3 Å². The second-order valence-corrected chi connectivity index (χ2v) is 8.49. The van der Waals surface area contributed by atoms with Gasteiger partial charge in [-0.2, -0.15) is 0 Å². The number of benzene rings is 2. The average Bonchev–Trinajstić information content (AvgIpc) is 2.60. The lowest BCUT2D eigenvalue weighted by molar-refractivity contribution is 0.264. The molecule has 0 saturated carbocycles. The van der Waals surface area contributed by atoms with Crippen LogP contribution in [-0.2, 0) is 24.6 Å². The number of hydrogen-bond donors (Lipinski definition) is 1. The lowest BCUT2D eigenvalue weighted by Crippen LogP contribution is -2.25. The summed E-state index contributed by atoms with van der Waals surface area (Å²) in [7, 11) is -2.42. The third-order valence-corrected chi connectivity index (χ3v) is 6.80. The molecule has 2 aromatic carbocycles. The molecule has 0 aliphatic rings. The van der Waals surface area contributed by atoms with E-state index in [4.69, 9.17) is 9.05 Å². The van der Waals surface area contributed by atoms with Crippen LogP contribution >= 0.6 is 7.60 Å². The Morgan fingerprint density at radius 2 is 1.57 bits per heavy atom. The van der Waals surface area contributed by atoms with E-state index in [1.807, 2.05) is 37.3 Å². The maximum Gasteiger partial charge on any atom is 0.352 e. The molecule has 2 atom stereocenters. The van der Waals surface area contributed by atoms with Gasteiger partial charge in [-0.3, -0.25) is 4.57 Å². The zero-order valence-corrected chi connectivity index (χ0v) is 15.0. The van der Waals surface area contributed by atoms with E-state index in [0.717, 1.165) is 5.56 Å². The molecule has 0 heterocycles. The number of rotatable bonds is 7. The maximum absolute atomic E-state index is 12.8. The minimum Gasteiger partial charge on any atom is -0.311 e. The van der Waals surface area contributed by atoms with E-state index in [9.17, 15) is 8.77 Å². The van der Waals surface area contributed by atoms with Gasteiger partial charge in [-0.05, 0) is 24.6 Å². The van der Waals surface area contributed by atoms with Crippen molar-refractivity contribution in [2.24, 2.45) is 0 Å². The predicted octanol–water partition coefficient (Wildman–Crippen LogP) is 3.79. The molecule has 0 spiro atoms. The molecule has 1 N–H and O–H groups in total. The highest BCUT2D eigenvalue weighted by Crippen LogP contribution is 2.58. The summed E-state index contributed by atoms with van der Waals surface area (Å²) in [5, 5.41) is 0. The summed E-state index contributed by atoms with van der Waals surface area (Å²) in [6, 6.07) is 16.3. The first-order valence-corrected chi connectivity index (χ1v) is 9.77. The first-order chi connectivity index (χ1) is 11.0. The van der Waals surface area contributed by atoms with Crippen molar-refractivity contribution in [3.63, 3.8) is 0 Å². The van der Waals surface area contributed by atoms with E-state index in [0.29, 0.717) is 10.5 Å². The van der Waals surface area contributed by atoms with Crippen molar-refractivity contribution in [3.05, 3.63) is 65.7 Å². The van der Waals surface area contributed by atoms with Gasteiger partial charge in [0.15, 0.2) is 0 Å². The molecule has 124 valence electrons. The van der Waals surface area contributed by atoms with Crippen LogP contribution in [-0.4, -0.2) is 18.4 Å². The number of hydrogen-bond acceptors (Lipinski definition) is 4. The molecule has 0 bridgehead atoms. The van der Waals surface area contributed by atoms with E-state index >= 15 is 0 Å². The first-order valence-electron chi connectivity index (χ1n) is 7.01. The highest BCUT2D eigenvalue weighted by molar-refractivity contribution is 7.83. The van der Waals surface area contributed by atoms with Crippen molar-refractivity contribution in [1.29, 1.82) is 0 Å². The van der Waals surface area contributed by atoms with E-state index in [1.165, 1.54) is 14.2 Å².